The highest BCUT2D eigenvalue weighted by atomic mass is 16.3. The molecule has 0 radical (unpaired) electrons. The predicted molar refractivity (Wildman–Crippen MR) is 114 cm³/mol. The van der Waals surface area contributed by atoms with Crippen LogP contribution in [0.1, 0.15) is 57.3 Å². The van der Waals surface area contributed by atoms with E-state index in [2.05, 4.69) is 44.3 Å². The quantitative estimate of drug-likeness (QED) is 0.708. The van der Waals surface area contributed by atoms with Crippen molar-refractivity contribution in [3.05, 3.63) is 29.7 Å². The molecule has 4 rings (SSSR count). The van der Waals surface area contributed by atoms with Gasteiger partial charge in [-0.1, -0.05) is 13.8 Å². The third-order valence-corrected chi connectivity index (χ3v) is 5.73. The van der Waals surface area contributed by atoms with Crippen molar-refractivity contribution in [2.45, 2.75) is 58.6 Å². The van der Waals surface area contributed by atoms with E-state index in [-0.39, 0.29) is 17.6 Å². The summed E-state index contributed by atoms with van der Waals surface area (Å²) in [5.41, 5.74) is 2.34. The highest BCUT2D eigenvalue weighted by molar-refractivity contribution is 5.43. The van der Waals surface area contributed by atoms with Crippen molar-refractivity contribution in [1.29, 1.82) is 0 Å². The van der Waals surface area contributed by atoms with Crippen molar-refractivity contribution in [2.24, 2.45) is 5.41 Å². The number of aliphatic hydroxyl groups excluding tert-OH is 1. The molecule has 1 atom stereocenters. The minimum Gasteiger partial charge on any atom is -0.393 e. The molecule has 1 aliphatic carbocycles. The van der Waals surface area contributed by atoms with E-state index in [4.69, 9.17) is 4.98 Å². The molecule has 3 N–H and O–H groups in total. The standard InChI is InChI=1S/C21H31N7O/c1-4-22-18-5-8-23-19(27-18)25-16-11-21(2,3)12-17-15(16)13-24-20(26-17)28-9-6-14(29)7-10-28/h5,8,13-14,16,29H,4,6-7,9-12H2,1-3H3,(H2,22,23,25,27)/t16-/m1/s1. The molecule has 156 valence electrons. The van der Waals surface area contributed by atoms with Gasteiger partial charge in [0.15, 0.2) is 0 Å². The molecule has 8 heteroatoms. The molecule has 3 heterocycles. The van der Waals surface area contributed by atoms with E-state index in [9.17, 15) is 5.11 Å². The Bertz CT molecular complexity index is 849. The van der Waals surface area contributed by atoms with Gasteiger partial charge < -0.3 is 20.6 Å². The fraction of sp³-hybridized carbons (Fsp3) is 0.619. The molecular weight excluding hydrogens is 366 g/mol. The van der Waals surface area contributed by atoms with Crippen LogP contribution in [0.4, 0.5) is 17.7 Å². The first-order valence-electron chi connectivity index (χ1n) is 10.6. The number of hydrogen-bond acceptors (Lipinski definition) is 8. The number of aromatic nitrogens is 4. The lowest BCUT2D eigenvalue weighted by molar-refractivity contribution is 0.145. The van der Waals surface area contributed by atoms with Crippen LogP contribution in [0.3, 0.4) is 0 Å². The lowest BCUT2D eigenvalue weighted by atomic mass is 9.74. The van der Waals surface area contributed by atoms with Crippen molar-refractivity contribution < 1.29 is 5.11 Å². The van der Waals surface area contributed by atoms with E-state index < -0.39 is 0 Å². The summed E-state index contributed by atoms with van der Waals surface area (Å²) in [7, 11) is 0. The first-order chi connectivity index (χ1) is 13.9. The van der Waals surface area contributed by atoms with Gasteiger partial charge in [-0.15, -0.1) is 0 Å². The van der Waals surface area contributed by atoms with Gasteiger partial charge in [0.2, 0.25) is 11.9 Å². The molecule has 0 amide bonds. The highest BCUT2D eigenvalue weighted by Crippen LogP contribution is 2.41. The smallest absolute Gasteiger partial charge is 0.225 e. The van der Waals surface area contributed by atoms with E-state index in [0.29, 0.717) is 5.95 Å². The zero-order valence-electron chi connectivity index (χ0n) is 17.5. The first-order valence-corrected chi connectivity index (χ1v) is 10.6. The van der Waals surface area contributed by atoms with E-state index >= 15 is 0 Å². The summed E-state index contributed by atoms with van der Waals surface area (Å²) in [5, 5.41) is 16.5. The number of hydrogen-bond donors (Lipinski definition) is 3. The Kier molecular flexibility index (Phi) is 5.54. The van der Waals surface area contributed by atoms with E-state index in [0.717, 1.165) is 68.3 Å². The second-order valence-corrected chi connectivity index (χ2v) is 8.83. The van der Waals surface area contributed by atoms with E-state index in [1.165, 1.54) is 0 Å². The van der Waals surface area contributed by atoms with Gasteiger partial charge in [-0.05, 0) is 44.1 Å². The SMILES string of the molecule is CCNc1ccnc(N[C@@H]2CC(C)(C)Cc3nc(N4CCC(O)CC4)ncc32)n1. The van der Waals surface area contributed by atoms with Crippen molar-refractivity contribution in [3.63, 3.8) is 0 Å². The Hall–Kier alpha value is -2.48. The Balaban J connectivity index is 1.58. The fourth-order valence-corrected chi connectivity index (χ4v) is 4.25. The Labute approximate surface area is 172 Å². The van der Waals surface area contributed by atoms with Crippen LogP contribution in [0.5, 0.6) is 0 Å². The molecule has 1 saturated heterocycles. The van der Waals surface area contributed by atoms with E-state index in [1.54, 1.807) is 6.20 Å². The van der Waals surface area contributed by atoms with Crippen LogP contribution in [-0.4, -0.2) is 50.8 Å². The Morgan fingerprint density at radius 3 is 2.76 bits per heavy atom. The van der Waals surface area contributed by atoms with Crippen LogP contribution in [0, 0.1) is 5.41 Å². The summed E-state index contributed by atoms with van der Waals surface area (Å²) in [5.74, 6) is 2.21. The maximum absolute atomic E-state index is 9.77. The molecule has 29 heavy (non-hydrogen) atoms. The van der Waals surface area contributed by atoms with Crippen LogP contribution in [-0.2, 0) is 6.42 Å². The largest absolute Gasteiger partial charge is 0.393 e. The molecule has 0 spiro atoms. The zero-order chi connectivity index (χ0) is 20.4. The third kappa shape index (κ3) is 4.58. The van der Waals surface area contributed by atoms with Crippen molar-refractivity contribution in [1.82, 2.24) is 19.9 Å². The van der Waals surface area contributed by atoms with Crippen molar-refractivity contribution in [2.75, 3.05) is 35.2 Å². The Morgan fingerprint density at radius 2 is 2.00 bits per heavy atom. The van der Waals surface area contributed by atoms with Gasteiger partial charge in [-0.25, -0.2) is 15.0 Å². The molecule has 0 aromatic carbocycles. The molecule has 1 fully saturated rings. The lowest BCUT2D eigenvalue weighted by Crippen LogP contribution is -2.38. The highest BCUT2D eigenvalue weighted by Gasteiger charge is 2.34. The molecular formula is C21H31N7O. The molecule has 2 aromatic rings. The maximum Gasteiger partial charge on any atom is 0.225 e. The van der Waals surface area contributed by atoms with Crippen LogP contribution >= 0.6 is 0 Å². The van der Waals surface area contributed by atoms with Gasteiger partial charge in [0.1, 0.15) is 5.82 Å². The van der Waals surface area contributed by atoms with Gasteiger partial charge >= 0.3 is 0 Å². The first kappa shape index (κ1) is 19.8. The minimum absolute atomic E-state index is 0.0721. The Morgan fingerprint density at radius 1 is 1.21 bits per heavy atom. The maximum atomic E-state index is 9.77. The predicted octanol–water partition coefficient (Wildman–Crippen LogP) is 2.79. The second-order valence-electron chi connectivity index (χ2n) is 8.83. The average molecular weight is 398 g/mol. The number of nitrogens with one attached hydrogen (secondary N) is 2. The molecule has 0 bridgehead atoms. The molecule has 1 aliphatic heterocycles. The van der Waals surface area contributed by atoms with Gasteiger partial charge in [-0.2, -0.15) is 4.98 Å². The topological polar surface area (TPSA) is 99.1 Å². The fourth-order valence-electron chi connectivity index (χ4n) is 4.25. The van der Waals surface area contributed by atoms with Gasteiger partial charge in [0, 0.05) is 37.6 Å². The van der Waals surface area contributed by atoms with Gasteiger partial charge in [0.05, 0.1) is 17.8 Å². The molecule has 0 unspecified atom stereocenters. The molecule has 0 saturated carbocycles. The molecule has 8 nitrogen and oxygen atoms in total. The van der Waals surface area contributed by atoms with Crippen molar-refractivity contribution >= 4 is 17.7 Å². The van der Waals surface area contributed by atoms with Crippen LogP contribution in [0.25, 0.3) is 0 Å². The number of anilines is 3. The number of rotatable bonds is 5. The number of aliphatic hydroxyl groups is 1. The average Bonchev–Trinajstić information content (AvgIpc) is 2.68. The van der Waals surface area contributed by atoms with Gasteiger partial charge in [0.25, 0.3) is 0 Å². The summed E-state index contributed by atoms with van der Waals surface area (Å²) in [6.07, 6.45) is 6.97. The summed E-state index contributed by atoms with van der Waals surface area (Å²) >= 11 is 0. The normalized spacial score (nSPS) is 21.5. The van der Waals surface area contributed by atoms with E-state index in [1.807, 2.05) is 19.2 Å². The number of fused-ring (bicyclic) bond motifs is 1. The molecule has 2 aromatic heterocycles. The van der Waals surface area contributed by atoms with Crippen LogP contribution in [0.15, 0.2) is 18.5 Å². The summed E-state index contributed by atoms with van der Waals surface area (Å²) in [6.45, 7) is 9.03. The van der Waals surface area contributed by atoms with Crippen LogP contribution in [0.2, 0.25) is 0 Å². The van der Waals surface area contributed by atoms with Crippen LogP contribution < -0.4 is 15.5 Å². The zero-order valence-corrected chi connectivity index (χ0v) is 17.5. The lowest BCUT2D eigenvalue weighted by Gasteiger charge is -2.37. The number of nitrogens with zero attached hydrogens (tertiary/aromatic N) is 5. The second kappa shape index (κ2) is 8.10. The summed E-state index contributed by atoms with van der Waals surface area (Å²) in [6, 6.07) is 1.95. The third-order valence-electron chi connectivity index (χ3n) is 5.73. The minimum atomic E-state index is -0.200. The monoisotopic (exact) mass is 397 g/mol. The number of piperidine rings is 1. The van der Waals surface area contributed by atoms with Crippen molar-refractivity contribution in [3.8, 4) is 0 Å². The summed E-state index contributed by atoms with van der Waals surface area (Å²) < 4.78 is 0. The molecule has 2 aliphatic rings. The summed E-state index contributed by atoms with van der Waals surface area (Å²) in [4.78, 5) is 20.8. The van der Waals surface area contributed by atoms with Gasteiger partial charge in [-0.3, -0.25) is 0 Å².